The number of rotatable bonds is 6. The van der Waals surface area contributed by atoms with Gasteiger partial charge in [0.25, 0.3) is 0 Å². The van der Waals surface area contributed by atoms with Crippen LogP contribution in [0.1, 0.15) is 40.5 Å². The molecule has 0 bridgehead atoms. The van der Waals surface area contributed by atoms with Crippen LogP contribution >= 0.6 is 0 Å². The molecule has 0 aliphatic carbocycles. The van der Waals surface area contributed by atoms with E-state index in [4.69, 9.17) is 9.47 Å². The highest BCUT2D eigenvalue weighted by Crippen LogP contribution is 2.21. The van der Waals surface area contributed by atoms with E-state index in [1.165, 1.54) is 12.1 Å². The SMILES string of the molecule is C[C@H](NC(=O)OC(C)(C)C)[C@H]1CCN(C(=O)CCOc2ccccc2F)C1. The zero-order chi connectivity index (χ0) is 20.0. The molecule has 7 heteroatoms. The molecule has 1 aromatic carbocycles. The minimum Gasteiger partial charge on any atom is -0.490 e. The summed E-state index contributed by atoms with van der Waals surface area (Å²) in [4.78, 5) is 26.0. The van der Waals surface area contributed by atoms with Crippen molar-refractivity contribution in [2.24, 2.45) is 5.92 Å². The number of para-hydroxylation sites is 1. The van der Waals surface area contributed by atoms with Crippen LogP contribution in [-0.4, -0.2) is 48.2 Å². The topological polar surface area (TPSA) is 67.9 Å². The zero-order valence-electron chi connectivity index (χ0n) is 16.5. The molecule has 0 aromatic heterocycles. The van der Waals surface area contributed by atoms with Crippen LogP contribution in [0.4, 0.5) is 9.18 Å². The Labute approximate surface area is 160 Å². The fourth-order valence-electron chi connectivity index (χ4n) is 3.00. The summed E-state index contributed by atoms with van der Waals surface area (Å²) < 4.78 is 24.1. The van der Waals surface area contributed by atoms with E-state index in [-0.39, 0.29) is 36.6 Å². The third-order valence-corrected chi connectivity index (χ3v) is 4.44. The Kier molecular flexibility index (Phi) is 7.05. The molecule has 1 saturated heterocycles. The van der Waals surface area contributed by atoms with Crippen LogP contribution in [-0.2, 0) is 9.53 Å². The second-order valence-electron chi connectivity index (χ2n) is 7.85. The van der Waals surface area contributed by atoms with Crippen molar-refractivity contribution in [3.05, 3.63) is 30.1 Å². The van der Waals surface area contributed by atoms with Gasteiger partial charge in [0, 0.05) is 19.1 Å². The van der Waals surface area contributed by atoms with Gasteiger partial charge in [-0.05, 0) is 52.2 Å². The van der Waals surface area contributed by atoms with Gasteiger partial charge in [0.1, 0.15) is 5.60 Å². The fraction of sp³-hybridized carbons (Fsp3) is 0.600. The van der Waals surface area contributed by atoms with Crippen LogP contribution in [0.25, 0.3) is 0 Å². The summed E-state index contributed by atoms with van der Waals surface area (Å²) in [7, 11) is 0. The number of hydrogen-bond donors (Lipinski definition) is 1. The number of carbonyl (C=O) groups is 2. The van der Waals surface area contributed by atoms with E-state index in [1.807, 2.05) is 27.7 Å². The van der Waals surface area contributed by atoms with Gasteiger partial charge in [-0.3, -0.25) is 4.79 Å². The van der Waals surface area contributed by atoms with Crippen LogP contribution in [0.2, 0.25) is 0 Å². The molecule has 0 spiro atoms. The molecule has 1 aliphatic heterocycles. The first kappa shape index (κ1) is 21.0. The number of carbonyl (C=O) groups excluding carboxylic acids is 2. The molecular weight excluding hydrogens is 351 g/mol. The Morgan fingerprint density at radius 2 is 2.04 bits per heavy atom. The molecule has 1 N–H and O–H groups in total. The maximum Gasteiger partial charge on any atom is 0.407 e. The molecule has 0 unspecified atom stereocenters. The monoisotopic (exact) mass is 380 g/mol. The van der Waals surface area contributed by atoms with Crippen molar-refractivity contribution < 1.29 is 23.5 Å². The summed E-state index contributed by atoms with van der Waals surface area (Å²) in [6.45, 7) is 8.72. The number of alkyl carbamates (subject to hydrolysis) is 1. The van der Waals surface area contributed by atoms with E-state index in [0.717, 1.165) is 6.42 Å². The van der Waals surface area contributed by atoms with Crippen LogP contribution in [0, 0.1) is 11.7 Å². The molecule has 1 aliphatic rings. The lowest BCUT2D eigenvalue weighted by Crippen LogP contribution is -2.42. The minimum atomic E-state index is -0.542. The van der Waals surface area contributed by atoms with Crippen LogP contribution < -0.4 is 10.1 Å². The number of nitrogens with zero attached hydrogens (tertiary/aromatic N) is 1. The van der Waals surface area contributed by atoms with Crippen molar-refractivity contribution >= 4 is 12.0 Å². The molecule has 1 heterocycles. The molecule has 0 saturated carbocycles. The molecule has 2 rings (SSSR count). The average Bonchev–Trinajstić information content (AvgIpc) is 3.05. The summed E-state index contributed by atoms with van der Waals surface area (Å²) in [6, 6.07) is 6.04. The maximum absolute atomic E-state index is 13.5. The van der Waals surface area contributed by atoms with Crippen molar-refractivity contribution in [1.82, 2.24) is 10.2 Å². The maximum atomic E-state index is 13.5. The Hall–Kier alpha value is -2.31. The predicted octanol–water partition coefficient (Wildman–Crippen LogP) is 3.36. The Balaban J connectivity index is 1.73. The number of benzene rings is 1. The normalized spacial score (nSPS) is 18.1. The number of hydrogen-bond acceptors (Lipinski definition) is 4. The average molecular weight is 380 g/mol. The highest BCUT2D eigenvalue weighted by atomic mass is 19.1. The van der Waals surface area contributed by atoms with E-state index < -0.39 is 17.5 Å². The Bertz CT molecular complexity index is 660. The molecule has 6 nitrogen and oxygen atoms in total. The number of amides is 2. The van der Waals surface area contributed by atoms with E-state index in [9.17, 15) is 14.0 Å². The first-order chi connectivity index (χ1) is 12.7. The summed E-state index contributed by atoms with van der Waals surface area (Å²) in [5.41, 5.74) is -0.542. The molecule has 150 valence electrons. The van der Waals surface area contributed by atoms with Crippen molar-refractivity contribution in [1.29, 1.82) is 0 Å². The molecule has 1 aromatic rings. The quantitative estimate of drug-likeness (QED) is 0.822. The lowest BCUT2D eigenvalue weighted by molar-refractivity contribution is -0.130. The molecule has 0 radical (unpaired) electrons. The smallest absolute Gasteiger partial charge is 0.407 e. The van der Waals surface area contributed by atoms with Crippen molar-refractivity contribution in [2.75, 3.05) is 19.7 Å². The molecule has 27 heavy (non-hydrogen) atoms. The van der Waals surface area contributed by atoms with Gasteiger partial charge in [0.05, 0.1) is 13.0 Å². The summed E-state index contributed by atoms with van der Waals surface area (Å²) in [6.07, 6.45) is 0.560. The van der Waals surface area contributed by atoms with Gasteiger partial charge in [-0.1, -0.05) is 12.1 Å². The molecule has 1 fully saturated rings. The van der Waals surface area contributed by atoms with Gasteiger partial charge in [-0.2, -0.15) is 0 Å². The van der Waals surface area contributed by atoms with Gasteiger partial charge in [-0.15, -0.1) is 0 Å². The van der Waals surface area contributed by atoms with Gasteiger partial charge in [-0.25, -0.2) is 9.18 Å². The van der Waals surface area contributed by atoms with Crippen molar-refractivity contribution in [3.63, 3.8) is 0 Å². The lowest BCUT2D eigenvalue weighted by Gasteiger charge is -2.25. The third-order valence-electron chi connectivity index (χ3n) is 4.44. The van der Waals surface area contributed by atoms with Crippen molar-refractivity contribution in [3.8, 4) is 5.75 Å². The van der Waals surface area contributed by atoms with Crippen molar-refractivity contribution in [2.45, 2.75) is 52.2 Å². The summed E-state index contributed by atoms with van der Waals surface area (Å²) in [5.74, 6) is -0.139. The number of ether oxygens (including phenoxy) is 2. The molecule has 2 amide bonds. The second-order valence-corrected chi connectivity index (χ2v) is 7.85. The Morgan fingerprint density at radius 3 is 2.70 bits per heavy atom. The largest absolute Gasteiger partial charge is 0.490 e. The predicted molar refractivity (Wildman–Crippen MR) is 100 cm³/mol. The number of likely N-dealkylation sites (tertiary alicyclic amines) is 1. The lowest BCUT2D eigenvalue weighted by atomic mass is 10.0. The highest BCUT2D eigenvalue weighted by Gasteiger charge is 2.31. The molecule has 2 atom stereocenters. The van der Waals surface area contributed by atoms with E-state index >= 15 is 0 Å². The van der Waals surface area contributed by atoms with E-state index in [2.05, 4.69) is 5.32 Å². The zero-order valence-corrected chi connectivity index (χ0v) is 16.5. The number of nitrogens with one attached hydrogen (secondary N) is 1. The Morgan fingerprint density at radius 1 is 1.33 bits per heavy atom. The van der Waals surface area contributed by atoms with Gasteiger partial charge >= 0.3 is 6.09 Å². The third kappa shape index (κ3) is 6.73. The fourth-order valence-corrected chi connectivity index (χ4v) is 3.00. The highest BCUT2D eigenvalue weighted by molar-refractivity contribution is 5.76. The number of halogens is 1. The standard InChI is InChI=1S/C20H29FN2O4/c1-14(22-19(25)27-20(2,3)4)15-9-11-23(13-15)18(24)10-12-26-17-8-6-5-7-16(17)21/h5-8,14-15H,9-13H2,1-4H3,(H,22,25)/t14-,15-/m0/s1. The molecular formula is C20H29FN2O4. The van der Waals surface area contributed by atoms with Crippen LogP contribution in [0.15, 0.2) is 24.3 Å². The first-order valence-electron chi connectivity index (χ1n) is 9.30. The van der Waals surface area contributed by atoms with Gasteiger partial charge in [0.2, 0.25) is 5.91 Å². The van der Waals surface area contributed by atoms with E-state index in [1.54, 1.807) is 17.0 Å². The first-order valence-corrected chi connectivity index (χ1v) is 9.30. The van der Waals surface area contributed by atoms with Crippen LogP contribution in [0.5, 0.6) is 5.75 Å². The second kappa shape index (κ2) is 9.06. The van der Waals surface area contributed by atoms with Gasteiger partial charge in [0.15, 0.2) is 11.6 Å². The van der Waals surface area contributed by atoms with Crippen LogP contribution in [0.3, 0.4) is 0 Å². The summed E-state index contributed by atoms with van der Waals surface area (Å²) >= 11 is 0. The van der Waals surface area contributed by atoms with Gasteiger partial charge < -0.3 is 19.7 Å². The van der Waals surface area contributed by atoms with E-state index in [0.29, 0.717) is 13.1 Å². The minimum absolute atomic E-state index is 0.0293. The summed E-state index contributed by atoms with van der Waals surface area (Å²) in [5, 5.41) is 2.84.